The molecule has 1 amide bonds. The molecule has 1 fully saturated rings. The van der Waals surface area contributed by atoms with Gasteiger partial charge in [0.2, 0.25) is 5.91 Å². The largest absolute Gasteiger partial charge is 0.573 e. The third kappa shape index (κ3) is 5.14. The highest BCUT2D eigenvalue weighted by Crippen LogP contribution is 2.48. The Balaban J connectivity index is 1.94. The number of carbonyl (C=O) groups is 2. The summed E-state index contributed by atoms with van der Waals surface area (Å²) in [5.74, 6) is -1.52. The molecule has 0 radical (unpaired) electrons. The normalized spacial score (nSPS) is 17.0. The van der Waals surface area contributed by atoms with Crippen molar-refractivity contribution in [3.63, 3.8) is 0 Å². The fraction of sp³-hybridized carbons (Fsp3) is 0.500. The number of alkyl halides is 3. The molecule has 2 N–H and O–H groups in total. The zero-order valence-corrected chi connectivity index (χ0v) is 13.0. The number of amides is 1. The van der Waals surface area contributed by atoms with Gasteiger partial charge in [-0.15, -0.1) is 13.2 Å². The minimum absolute atomic E-state index is 0.161. The maximum Gasteiger partial charge on any atom is 0.573 e. The molecule has 1 aromatic carbocycles. The van der Waals surface area contributed by atoms with Crippen LogP contribution in [0.25, 0.3) is 0 Å². The molecule has 8 heteroatoms. The summed E-state index contributed by atoms with van der Waals surface area (Å²) in [5, 5.41) is 11.4. The van der Waals surface area contributed by atoms with Crippen LogP contribution in [0.2, 0.25) is 0 Å². The molecule has 24 heavy (non-hydrogen) atoms. The van der Waals surface area contributed by atoms with Crippen LogP contribution in [-0.2, 0) is 16.0 Å². The van der Waals surface area contributed by atoms with Gasteiger partial charge in [0.25, 0.3) is 0 Å². The molecule has 0 spiro atoms. The van der Waals surface area contributed by atoms with Crippen molar-refractivity contribution in [3.05, 3.63) is 29.8 Å². The highest BCUT2D eigenvalue weighted by molar-refractivity contribution is 5.86. The number of carboxylic acid groups (broad SMARTS) is 1. The van der Waals surface area contributed by atoms with Crippen molar-refractivity contribution in [1.29, 1.82) is 0 Å². The summed E-state index contributed by atoms with van der Waals surface area (Å²) in [6.45, 7) is 1.62. The van der Waals surface area contributed by atoms with E-state index in [1.54, 1.807) is 6.92 Å². The van der Waals surface area contributed by atoms with Gasteiger partial charge < -0.3 is 15.2 Å². The van der Waals surface area contributed by atoms with Crippen LogP contribution >= 0.6 is 0 Å². The van der Waals surface area contributed by atoms with Crippen molar-refractivity contribution in [2.75, 3.05) is 0 Å². The first-order valence-corrected chi connectivity index (χ1v) is 7.47. The van der Waals surface area contributed by atoms with Crippen LogP contribution in [0.5, 0.6) is 5.75 Å². The lowest BCUT2D eigenvalue weighted by Gasteiger charge is -2.19. The monoisotopic (exact) mass is 345 g/mol. The van der Waals surface area contributed by atoms with Crippen molar-refractivity contribution < 1.29 is 32.6 Å². The zero-order chi connectivity index (χ0) is 18.0. The number of ether oxygens (including phenoxy) is 1. The zero-order valence-electron chi connectivity index (χ0n) is 13.0. The van der Waals surface area contributed by atoms with Crippen molar-refractivity contribution in [2.24, 2.45) is 5.41 Å². The molecule has 0 saturated heterocycles. The van der Waals surface area contributed by atoms with E-state index in [4.69, 9.17) is 5.11 Å². The molecule has 5 nitrogen and oxygen atoms in total. The molecule has 1 saturated carbocycles. The highest BCUT2D eigenvalue weighted by atomic mass is 19.4. The van der Waals surface area contributed by atoms with Crippen LogP contribution in [0.15, 0.2) is 24.3 Å². The number of hydrogen-bond acceptors (Lipinski definition) is 3. The number of halogens is 3. The number of nitrogens with one attached hydrogen (secondary N) is 1. The van der Waals surface area contributed by atoms with E-state index < -0.39 is 23.8 Å². The quantitative estimate of drug-likeness (QED) is 0.797. The first kappa shape index (κ1) is 18.1. The fourth-order valence-corrected chi connectivity index (χ4v) is 2.52. The van der Waals surface area contributed by atoms with Gasteiger partial charge >= 0.3 is 12.3 Å². The number of rotatable bonds is 7. The number of carboxylic acids is 1. The summed E-state index contributed by atoms with van der Waals surface area (Å²) < 4.78 is 40.2. The average Bonchev–Trinajstić information content (AvgIpc) is 3.19. The standard InChI is InChI=1S/C16H18F3NO4/c1-10(8-13(21)22)20-14(23)15(6-7-15)9-11-2-4-12(5-3-11)24-16(17,18)19/h2-5,10H,6-9H2,1H3,(H,20,23)(H,21,22). The second-order valence-electron chi connectivity index (χ2n) is 6.12. The van der Waals surface area contributed by atoms with E-state index in [2.05, 4.69) is 10.1 Å². The van der Waals surface area contributed by atoms with E-state index in [9.17, 15) is 22.8 Å². The second kappa shape index (κ2) is 6.70. The summed E-state index contributed by atoms with van der Waals surface area (Å²) in [7, 11) is 0. The van der Waals surface area contributed by atoms with Crippen LogP contribution in [0.4, 0.5) is 13.2 Å². The van der Waals surface area contributed by atoms with Crippen LogP contribution in [0, 0.1) is 5.41 Å². The van der Waals surface area contributed by atoms with Crippen LogP contribution in [-0.4, -0.2) is 29.4 Å². The Morgan fingerprint density at radius 3 is 2.33 bits per heavy atom. The Hall–Kier alpha value is -2.25. The maximum absolute atomic E-state index is 12.3. The highest BCUT2D eigenvalue weighted by Gasteiger charge is 2.49. The molecular formula is C16H18F3NO4. The average molecular weight is 345 g/mol. The first-order chi connectivity index (χ1) is 11.1. The summed E-state index contributed by atoms with van der Waals surface area (Å²) >= 11 is 0. The molecule has 0 heterocycles. The third-order valence-corrected chi connectivity index (χ3v) is 3.89. The van der Waals surface area contributed by atoms with E-state index in [-0.39, 0.29) is 18.1 Å². The maximum atomic E-state index is 12.3. The van der Waals surface area contributed by atoms with Crippen molar-refractivity contribution >= 4 is 11.9 Å². The molecule has 1 atom stereocenters. The van der Waals surface area contributed by atoms with Crippen molar-refractivity contribution in [1.82, 2.24) is 5.32 Å². The van der Waals surface area contributed by atoms with Crippen LogP contribution < -0.4 is 10.1 Å². The smallest absolute Gasteiger partial charge is 0.481 e. The molecule has 1 unspecified atom stereocenters. The Morgan fingerprint density at radius 2 is 1.88 bits per heavy atom. The van der Waals surface area contributed by atoms with Gasteiger partial charge in [-0.2, -0.15) is 0 Å². The number of aliphatic carboxylic acids is 1. The molecule has 0 aromatic heterocycles. The lowest BCUT2D eigenvalue weighted by atomic mass is 9.95. The number of carbonyl (C=O) groups excluding carboxylic acids is 1. The van der Waals surface area contributed by atoms with Gasteiger partial charge in [0.05, 0.1) is 11.8 Å². The summed E-state index contributed by atoms with van der Waals surface area (Å²) in [4.78, 5) is 22.9. The van der Waals surface area contributed by atoms with Crippen LogP contribution in [0.1, 0.15) is 31.7 Å². The molecular weight excluding hydrogens is 327 g/mol. The first-order valence-electron chi connectivity index (χ1n) is 7.47. The van der Waals surface area contributed by atoms with Crippen molar-refractivity contribution in [2.45, 2.75) is 45.0 Å². The molecule has 0 bridgehead atoms. The predicted molar refractivity (Wildman–Crippen MR) is 78.4 cm³/mol. The van der Waals surface area contributed by atoms with Gasteiger partial charge in [0, 0.05) is 6.04 Å². The van der Waals surface area contributed by atoms with Crippen LogP contribution in [0.3, 0.4) is 0 Å². The van der Waals surface area contributed by atoms with E-state index in [0.717, 1.165) is 5.56 Å². The van der Waals surface area contributed by atoms with Gasteiger partial charge in [0.1, 0.15) is 5.75 Å². The van der Waals surface area contributed by atoms with E-state index in [1.165, 1.54) is 24.3 Å². The molecule has 1 aliphatic carbocycles. The van der Waals surface area contributed by atoms with Crippen molar-refractivity contribution in [3.8, 4) is 5.75 Å². The van der Waals surface area contributed by atoms with E-state index >= 15 is 0 Å². The van der Waals surface area contributed by atoms with E-state index in [1.807, 2.05) is 0 Å². The molecule has 1 aliphatic rings. The van der Waals surface area contributed by atoms with Gasteiger partial charge in [0.15, 0.2) is 0 Å². The third-order valence-electron chi connectivity index (χ3n) is 3.89. The SMILES string of the molecule is CC(CC(=O)O)NC(=O)C1(Cc2ccc(OC(F)(F)F)cc2)CC1. The minimum atomic E-state index is -4.74. The van der Waals surface area contributed by atoms with Gasteiger partial charge in [-0.05, 0) is 43.9 Å². The lowest BCUT2D eigenvalue weighted by Crippen LogP contribution is -2.40. The van der Waals surface area contributed by atoms with Gasteiger partial charge in [-0.3, -0.25) is 9.59 Å². The number of hydrogen-bond donors (Lipinski definition) is 2. The Labute approximate surface area is 136 Å². The van der Waals surface area contributed by atoms with E-state index in [0.29, 0.717) is 19.3 Å². The van der Waals surface area contributed by atoms with Gasteiger partial charge in [-0.1, -0.05) is 12.1 Å². The Bertz CT molecular complexity index is 609. The summed E-state index contributed by atoms with van der Waals surface area (Å²) in [6.07, 6.45) is -3.17. The fourth-order valence-electron chi connectivity index (χ4n) is 2.52. The molecule has 2 rings (SSSR count). The predicted octanol–water partition coefficient (Wildman–Crippen LogP) is 2.89. The van der Waals surface area contributed by atoms with Gasteiger partial charge in [-0.25, -0.2) is 0 Å². The summed E-state index contributed by atoms with van der Waals surface area (Å²) in [5.41, 5.74) is 0.127. The Kier molecular flexibility index (Phi) is 5.05. The number of benzene rings is 1. The second-order valence-corrected chi connectivity index (χ2v) is 6.12. The Morgan fingerprint density at radius 1 is 1.29 bits per heavy atom. The summed E-state index contributed by atoms with van der Waals surface area (Å²) in [6, 6.07) is 4.94. The molecule has 1 aromatic rings. The topological polar surface area (TPSA) is 75.6 Å². The minimum Gasteiger partial charge on any atom is -0.481 e. The molecule has 132 valence electrons. The molecule has 0 aliphatic heterocycles. The lowest BCUT2D eigenvalue weighted by molar-refractivity contribution is -0.274.